The van der Waals surface area contributed by atoms with Crippen LogP contribution in [0.5, 0.6) is 0 Å². The van der Waals surface area contributed by atoms with E-state index in [4.69, 9.17) is 8.83 Å². The SMILES string of the molecule is C[C@@H]1C(=NO)C[C@H](c2ccco2)N[C@H]1c1ccco1. The Labute approximate surface area is 110 Å². The predicted octanol–water partition coefficient (Wildman–Crippen LogP) is 3.11. The zero-order valence-electron chi connectivity index (χ0n) is 10.6. The molecule has 0 radical (unpaired) electrons. The molecule has 3 atom stereocenters. The molecule has 0 aliphatic carbocycles. The van der Waals surface area contributed by atoms with Crippen LogP contribution in [0.4, 0.5) is 0 Å². The molecule has 2 N–H and O–H groups in total. The molecule has 19 heavy (non-hydrogen) atoms. The van der Waals surface area contributed by atoms with Gasteiger partial charge in [-0.3, -0.25) is 5.32 Å². The molecule has 2 aromatic heterocycles. The van der Waals surface area contributed by atoms with E-state index in [-0.39, 0.29) is 18.0 Å². The van der Waals surface area contributed by atoms with Gasteiger partial charge in [-0.15, -0.1) is 0 Å². The van der Waals surface area contributed by atoms with Gasteiger partial charge in [0.15, 0.2) is 0 Å². The van der Waals surface area contributed by atoms with Gasteiger partial charge >= 0.3 is 0 Å². The third-order valence-electron chi connectivity index (χ3n) is 3.68. The summed E-state index contributed by atoms with van der Waals surface area (Å²) in [6.45, 7) is 2.02. The highest BCUT2D eigenvalue weighted by Crippen LogP contribution is 2.35. The first-order valence-electron chi connectivity index (χ1n) is 6.33. The van der Waals surface area contributed by atoms with Crippen LogP contribution in [-0.4, -0.2) is 10.9 Å². The van der Waals surface area contributed by atoms with Gasteiger partial charge in [0.25, 0.3) is 0 Å². The predicted molar refractivity (Wildman–Crippen MR) is 69.0 cm³/mol. The maximum Gasteiger partial charge on any atom is 0.121 e. The highest BCUT2D eigenvalue weighted by atomic mass is 16.4. The standard InChI is InChI=1S/C14H16N2O3/c1-9-10(16-17)8-11(12-4-2-6-18-12)15-14(9)13-5-3-7-19-13/h2-7,9,11,14-15,17H,8H2,1H3/t9-,11-,14-/m1/s1. The van der Waals surface area contributed by atoms with Crippen molar-refractivity contribution in [3.8, 4) is 0 Å². The van der Waals surface area contributed by atoms with Crippen LogP contribution < -0.4 is 5.32 Å². The zero-order valence-corrected chi connectivity index (χ0v) is 10.6. The summed E-state index contributed by atoms with van der Waals surface area (Å²) in [5.74, 6) is 1.75. The number of oxime groups is 1. The van der Waals surface area contributed by atoms with E-state index in [1.807, 2.05) is 31.2 Å². The fourth-order valence-corrected chi connectivity index (χ4v) is 2.61. The summed E-state index contributed by atoms with van der Waals surface area (Å²) < 4.78 is 10.9. The molecule has 100 valence electrons. The zero-order chi connectivity index (χ0) is 13.2. The number of hydrogen-bond acceptors (Lipinski definition) is 5. The fraction of sp³-hybridized carbons (Fsp3) is 0.357. The molecule has 2 aromatic rings. The average molecular weight is 260 g/mol. The number of hydrogen-bond donors (Lipinski definition) is 2. The first-order valence-corrected chi connectivity index (χ1v) is 6.33. The molecule has 1 fully saturated rings. The summed E-state index contributed by atoms with van der Waals surface area (Å²) in [6, 6.07) is 7.52. The Balaban J connectivity index is 1.91. The smallest absolute Gasteiger partial charge is 0.121 e. The van der Waals surface area contributed by atoms with Crippen LogP contribution in [0.3, 0.4) is 0 Å². The maximum atomic E-state index is 9.19. The van der Waals surface area contributed by atoms with Crippen LogP contribution in [-0.2, 0) is 0 Å². The van der Waals surface area contributed by atoms with Crippen LogP contribution in [0, 0.1) is 5.92 Å². The lowest BCUT2D eigenvalue weighted by Crippen LogP contribution is -2.41. The van der Waals surface area contributed by atoms with Crippen molar-refractivity contribution in [1.29, 1.82) is 0 Å². The maximum absolute atomic E-state index is 9.19. The van der Waals surface area contributed by atoms with Crippen molar-refractivity contribution in [2.45, 2.75) is 25.4 Å². The first-order chi connectivity index (χ1) is 9.29. The summed E-state index contributed by atoms with van der Waals surface area (Å²) in [6.07, 6.45) is 3.92. The molecule has 3 rings (SSSR count). The molecule has 3 heterocycles. The Morgan fingerprint density at radius 3 is 2.47 bits per heavy atom. The lowest BCUT2D eigenvalue weighted by atomic mass is 9.85. The number of piperidine rings is 1. The largest absolute Gasteiger partial charge is 0.468 e. The van der Waals surface area contributed by atoms with Crippen LogP contribution in [0.1, 0.15) is 36.9 Å². The molecule has 0 aromatic carbocycles. The highest BCUT2D eigenvalue weighted by molar-refractivity contribution is 5.88. The molecule has 0 amide bonds. The Hall–Kier alpha value is -2.01. The summed E-state index contributed by atoms with van der Waals surface area (Å²) in [7, 11) is 0. The second-order valence-electron chi connectivity index (χ2n) is 4.81. The fourth-order valence-electron chi connectivity index (χ4n) is 2.61. The first kappa shape index (κ1) is 12.0. The van der Waals surface area contributed by atoms with Gasteiger partial charge in [0.05, 0.1) is 30.3 Å². The van der Waals surface area contributed by atoms with Crippen molar-refractivity contribution in [3.63, 3.8) is 0 Å². The van der Waals surface area contributed by atoms with Crippen molar-refractivity contribution < 1.29 is 14.0 Å². The van der Waals surface area contributed by atoms with Gasteiger partial charge in [-0.05, 0) is 24.3 Å². The van der Waals surface area contributed by atoms with Gasteiger partial charge < -0.3 is 14.0 Å². The minimum atomic E-state index is -0.0234. The third kappa shape index (κ3) is 2.17. The molecule has 1 saturated heterocycles. The molecule has 5 heteroatoms. The van der Waals surface area contributed by atoms with E-state index in [1.165, 1.54) is 0 Å². The monoisotopic (exact) mass is 260 g/mol. The molecule has 0 bridgehead atoms. The van der Waals surface area contributed by atoms with Crippen LogP contribution >= 0.6 is 0 Å². The van der Waals surface area contributed by atoms with Gasteiger partial charge in [0.2, 0.25) is 0 Å². The van der Waals surface area contributed by atoms with E-state index in [0.29, 0.717) is 6.42 Å². The van der Waals surface area contributed by atoms with Crippen LogP contribution in [0.15, 0.2) is 50.8 Å². The molecule has 0 saturated carbocycles. The van der Waals surface area contributed by atoms with Crippen molar-refractivity contribution in [1.82, 2.24) is 5.32 Å². The van der Waals surface area contributed by atoms with E-state index in [1.54, 1.807) is 12.5 Å². The number of furan rings is 2. The summed E-state index contributed by atoms with van der Waals surface area (Å²) in [5.41, 5.74) is 0.751. The second-order valence-corrected chi connectivity index (χ2v) is 4.81. The van der Waals surface area contributed by atoms with Gasteiger partial charge in [0.1, 0.15) is 11.5 Å². The third-order valence-corrected chi connectivity index (χ3v) is 3.68. The van der Waals surface area contributed by atoms with E-state index < -0.39 is 0 Å². The number of nitrogens with zero attached hydrogens (tertiary/aromatic N) is 1. The molecule has 0 unspecified atom stereocenters. The molecule has 0 spiro atoms. The van der Waals surface area contributed by atoms with Crippen molar-refractivity contribution in [3.05, 3.63) is 48.3 Å². The summed E-state index contributed by atoms with van der Waals surface area (Å²) >= 11 is 0. The van der Waals surface area contributed by atoms with E-state index in [9.17, 15) is 5.21 Å². The molecular formula is C14H16N2O3. The Kier molecular flexibility index (Phi) is 3.13. The number of nitrogens with one attached hydrogen (secondary N) is 1. The molecule has 5 nitrogen and oxygen atoms in total. The van der Waals surface area contributed by atoms with Crippen LogP contribution in [0.2, 0.25) is 0 Å². The van der Waals surface area contributed by atoms with E-state index in [0.717, 1.165) is 17.2 Å². The Morgan fingerprint density at radius 2 is 1.89 bits per heavy atom. The summed E-state index contributed by atoms with van der Waals surface area (Å²) in [5, 5.41) is 16.1. The van der Waals surface area contributed by atoms with Gasteiger partial charge in [-0.2, -0.15) is 0 Å². The molecule has 1 aliphatic heterocycles. The van der Waals surface area contributed by atoms with E-state index >= 15 is 0 Å². The van der Waals surface area contributed by atoms with E-state index in [2.05, 4.69) is 10.5 Å². The topological polar surface area (TPSA) is 70.9 Å². The van der Waals surface area contributed by atoms with Crippen molar-refractivity contribution in [2.75, 3.05) is 0 Å². The number of rotatable bonds is 2. The van der Waals surface area contributed by atoms with Crippen molar-refractivity contribution >= 4 is 5.71 Å². The minimum absolute atomic E-state index is 0.00722. The van der Waals surface area contributed by atoms with Crippen molar-refractivity contribution in [2.24, 2.45) is 11.1 Å². The Morgan fingerprint density at radius 1 is 1.21 bits per heavy atom. The van der Waals surface area contributed by atoms with Gasteiger partial charge in [-0.25, -0.2) is 0 Å². The summed E-state index contributed by atoms with van der Waals surface area (Å²) in [4.78, 5) is 0. The lowest BCUT2D eigenvalue weighted by Gasteiger charge is -2.34. The molecule has 1 aliphatic rings. The Bertz CT molecular complexity index is 545. The second kappa shape index (κ2) is 4.93. The van der Waals surface area contributed by atoms with Gasteiger partial charge in [-0.1, -0.05) is 12.1 Å². The quantitative estimate of drug-likeness (QED) is 0.643. The highest BCUT2D eigenvalue weighted by Gasteiger charge is 2.36. The minimum Gasteiger partial charge on any atom is -0.468 e. The average Bonchev–Trinajstić information content (AvgIpc) is 3.12. The van der Waals surface area contributed by atoms with Gasteiger partial charge in [0, 0.05) is 12.3 Å². The normalized spacial score (nSPS) is 29.7. The lowest BCUT2D eigenvalue weighted by molar-refractivity contribution is 0.267. The molecular weight excluding hydrogens is 244 g/mol. The van der Waals surface area contributed by atoms with Crippen LogP contribution in [0.25, 0.3) is 0 Å².